The van der Waals surface area contributed by atoms with E-state index >= 15 is 0 Å². The third-order valence-electron chi connectivity index (χ3n) is 4.39. The summed E-state index contributed by atoms with van der Waals surface area (Å²) >= 11 is 0. The molecule has 0 radical (unpaired) electrons. The maximum absolute atomic E-state index is 14.1. The number of nitrogens with zero attached hydrogens (tertiary/aromatic N) is 3. The molecule has 1 aromatic heterocycles. The Bertz CT molecular complexity index is 1150. The molecule has 0 unspecified atom stereocenters. The fourth-order valence-corrected chi connectivity index (χ4v) is 2.77. The number of nitrogens with one attached hydrogen (secondary N) is 1. The van der Waals surface area contributed by atoms with Crippen LogP contribution in [0, 0.1) is 12.7 Å². The minimum Gasteiger partial charge on any atom is -0.350 e. The molecule has 8 heteroatoms. The van der Waals surface area contributed by atoms with E-state index < -0.39 is 28.7 Å². The Labute approximate surface area is 166 Å². The van der Waals surface area contributed by atoms with Crippen molar-refractivity contribution in [3.05, 3.63) is 92.0 Å². The summed E-state index contributed by atoms with van der Waals surface area (Å²) in [5.41, 5.74) is -0.732. The van der Waals surface area contributed by atoms with Crippen molar-refractivity contribution >= 4 is 5.91 Å². The van der Waals surface area contributed by atoms with Crippen LogP contribution in [0.5, 0.6) is 0 Å². The number of hydrogen-bond donors (Lipinski definition) is 1. The molecule has 0 fully saturated rings. The molecule has 3 rings (SSSR count). The van der Waals surface area contributed by atoms with Crippen LogP contribution in [-0.2, 0) is 6.54 Å². The van der Waals surface area contributed by atoms with E-state index in [1.165, 1.54) is 12.1 Å². The van der Waals surface area contributed by atoms with Crippen LogP contribution < -0.4 is 16.6 Å². The molecule has 150 valence electrons. The van der Waals surface area contributed by atoms with Gasteiger partial charge in [0.25, 0.3) is 11.5 Å². The van der Waals surface area contributed by atoms with Crippen LogP contribution >= 0.6 is 0 Å². The highest BCUT2D eigenvalue weighted by Gasteiger charge is 2.20. The maximum atomic E-state index is 14.1. The first-order valence-corrected chi connectivity index (χ1v) is 9.25. The molecule has 0 atom stereocenters. The third kappa shape index (κ3) is 4.31. The molecule has 1 amide bonds. The Kier molecular flexibility index (Phi) is 6.01. The van der Waals surface area contributed by atoms with Crippen molar-refractivity contribution in [3.8, 4) is 5.69 Å². The van der Waals surface area contributed by atoms with Crippen LogP contribution in [0.1, 0.15) is 35.0 Å². The predicted octanol–water partition coefficient (Wildman–Crippen LogP) is 2.03. The first-order chi connectivity index (χ1) is 13.9. The number of carbonyl (C=O) groups excluding carboxylic acids is 1. The Morgan fingerprint density at radius 3 is 2.52 bits per heavy atom. The topological polar surface area (TPSA) is 86.0 Å². The Hall–Kier alpha value is -3.55. The zero-order valence-corrected chi connectivity index (χ0v) is 16.2. The quantitative estimate of drug-likeness (QED) is 0.691. The summed E-state index contributed by atoms with van der Waals surface area (Å²) < 4.78 is 15.9. The normalized spacial score (nSPS) is 10.7. The van der Waals surface area contributed by atoms with Crippen LogP contribution in [0.3, 0.4) is 0 Å². The van der Waals surface area contributed by atoms with E-state index in [1.54, 1.807) is 31.2 Å². The SMILES string of the molecule is CCCNC(=O)c1nn(-c2ccc(C)c(F)c2)c(=O)n(Cc2ccccc2)c1=O. The van der Waals surface area contributed by atoms with Crippen molar-refractivity contribution in [1.29, 1.82) is 0 Å². The lowest BCUT2D eigenvalue weighted by molar-refractivity contribution is 0.0944. The molecule has 1 N–H and O–H groups in total. The lowest BCUT2D eigenvalue weighted by Crippen LogP contribution is -2.46. The number of aromatic nitrogens is 3. The summed E-state index contributed by atoms with van der Waals surface area (Å²) in [4.78, 5) is 38.3. The van der Waals surface area contributed by atoms with Crippen molar-refractivity contribution < 1.29 is 9.18 Å². The molecule has 0 saturated carbocycles. The minimum atomic E-state index is -0.795. The molecule has 3 aromatic rings. The van der Waals surface area contributed by atoms with Gasteiger partial charge in [0.1, 0.15) is 5.82 Å². The molecule has 0 saturated heterocycles. The van der Waals surface area contributed by atoms with E-state index in [0.29, 0.717) is 24.1 Å². The third-order valence-corrected chi connectivity index (χ3v) is 4.39. The highest BCUT2D eigenvalue weighted by Crippen LogP contribution is 2.11. The van der Waals surface area contributed by atoms with Crippen LogP contribution in [0.4, 0.5) is 4.39 Å². The van der Waals surface area contributed by atoms with Gasteiger partial charge in [-0.2, -0.15) is 9.78 Å². The van der Waals surface area contributed by atoms with Crippen molar-refractivity contribution in [3.63, 3.8) is 0 Å². The summed E-state index contributed by atoms with van der Waals surface area (Å²) in [5.74, 6) is -1.20. The molecule has 29 heavy (non-hydrogen) atoms. The largest absolute Gasteiger partial charge is 0.352 e. The van der Waals surface area contributed by atoms with Gasteiger partial charge < -0.3 is 5.32 Å². The number of hydrogen-bond acceptors (Lipinski definition) is 4. The first kappa shape index (κ1) is 20.2. The van der Waals surface area contributed by atoms with E-state index in [9.17, 15) is 18.8 Å². The molecule has 0 aliphatic carbocycles. The van der Waals surface area contributed by atoms with Gasteiger partial charge in [-0.3, -0.25) is 14.2 Å². The predicted molar refractivity (Wildman–Crippen MR) is 107 cm³/mol. The molecule has 2 aromatic carbocycles. The standard InChI is InChI=1S/C21H21FN4O3/c1-3-11-23-19(27)18-20(28)25(13-15-7-5-4-6-8-15)21(29)26(24-18)16-10-9-14(2)17(22)12-16/h4-10,12H,3,11,13H2,1-2H3,(H,23,27). The second-order valence-electron chi connectivity index (χ2n) is 6.61. The number of carbonyl (C=O) groups is 1. The van der Waals surface area contributed by atoms with Gasteiger partial charge in [0, 0.05) is 12.6 Å². The molecular formula is C21H21FN4O3. The van der Waals surface area contributed by atoms with Crippen LogP contribution in [0.2, 0.25) is 0 Å². The van der Waals surface area contributed by atoms with Crippen LogP contribution in [0.25, 0.3) is 5.69 Å². The minimum absolute atomic E-state index is 0.0383. The van der Waals surface area contributed by atoms with Gasteiger partial charge in [-0.05, 0) is 30.5 Å². The Morgan fingerprint density at radius 1 is 1.14 bits per heavy atom. The monoisotopic (exact) mass is 396 g/mol. The van der Waals surface area contributed by atoms with Gasteiger partial charge in [-0.1, -0.05) is 43.3 Å². The van der Waals surface area contributed by atoms with E-state index in [-0.39, 0.29) is 12.2 Å². The zero-order chi connectivity index (χ0) is 21.0. The van der Waals surface area contributed by atoms with Crippen molar-refractivity contribution in [2.75, 3.05) is 6.54 Å². The van der Waals surface area contributed by atoms with Crippen molar-refractivity contribution in [2.24, 2.45) is 0 Å². The lowest BCUT2D eigenvalue weighted by atomic mass is 10.2. The van der Waals surface area contributed by atoms with Gasteiger partial charge in [0.05, 0.1) is 12.2 Å². The number of amides is 1. The fourth-order valence-electron chi connectivity index (χ4n) is 2.77. The summed E-state index contributed by atoms with van der Waals surface area (Å²) in [7, 11) is 0. The van der Waals surface area contributed by atoms with Crippen LogP contribution in [-0.4, -0.2) is 26.8 Å². The Morgan fingerprint density at radius 2 is 1.86 bits per heavy atom. The van der Waals surface area contributed by atoms with Crippen molar-refractivity contribution in [1.82, 2.24) is 19.7 Å². The summed E-state index contributed by atoms with van der Waals surface area (Å²) in [6.07, 6.45) is 0.673. The second-order valence-corrected chi connectivity index (χ2v) is 6.61. The van der Waals surface area contributed by atoms with E-state index in [4.69, 9.17) is 0 Å². The number of halogens is 1. The molecule has 0 bridgehead atoms. The molecular weight excluding hydrogens is 375 g/mol. The second kappa shape index (κ2) is 8.64. The highest BCUT2D eigenvalue weighted by molar-refractivity contribution is 5.91. The molecule has 0 aliphatic rings. The Balaban J connectivity index is 2.20. The molecule has 0 aliphatic heterocycles. The average molecular weight is 396 g/mol. The first-order valence-electron chi connectivity index (χ1n) is 9.25. The number of benzene rings is 2. The molecule has 7 nitrogen and oxygen atoms in total. The van der Waals surface area contributed by atoms with Gasteiger partial charge >= 0.3 is 5.69 Å². The van der Waals surface area contributed by atoms with Crippen LogP contribution in [0.15, 0.2) is 58.1 Å². The maximum Gasteiger partial charge on any atom is 0.352 e. The van der Waals surface area contributed by atoms with E-state index in [1.807, 2.05) is 13.0 Å². The molecule has 1 heterocycles. The van der Waals surface area contributed by atoms with E-state index in [0.717, 1.165) is 15.3 Å². The summed E-state index contributed by atoms with van der Waals surface area (Å²) in [6.45, 7) is 3.78. The summed E-state index contributed by atoms with van der Waals surface area (Å²) in [6, 6.07) is 13.1. The van der Waals surface area contributed by atoms with Gasteiger partial charge in [0.2, 0.25) is 5.69 Å². The van der Waals surface area contributed by atoms with Crippen molar-refractivity contribution in [2.45, 2.75) is 26.8 Å². The number of rotatable bonds is 6. The lowest BCUT2D eigenvalue weighted by Gasteiger charge is -2.12. The zero-order valence-electron chi connectivity index (χ0n) is 16.2. The van der Waals surface area contributed by atoms with Gasteiger partial charge in [-0.15, -0.1) is 0 Å². The molecule has 0 spiro atoms. The fraction of sp³-hybridized carbons (Fsp3) is 0.238. The van der Waals surface area contributed by atoms with E-state index in [2.05, 4.69) is 10.4 Å². The van der Waals surface area contributed by atoms with Gasteiger partial charge in [0.15, 0.2) is 0 Å². The number of aryl methyl sites for hydroxylation is 1. The smallest absolute Gasteiger partial charge is 0.350 e. The highest BCUT2D eigenvalue weighted by atomic mass is 19.1. The summed E-state index contributed by atoms with van der Waals surface area (Å²) in [5, 5.41) is 6.56. The average Bonchev–Trinajstić information content (AvgIpc) is 2.72. The van der Waals surface area contributed by atoms with Gasteiger partial charge in [-0.25, -0.2) is 9.18 Å².